The standard InChI is InChI=1S/C18H19Cl4NO4S/c1-10(11-7-5-4-6-8-11)23-9-12-15(28(23,24)25)17(22)14(20)13(19)16(12,21)18(17,26-2)27-3/h4-8,10,12,15H,9H2,1-3H3/t10-,12-,15+,16-,17-/m1/s1. The van der Waals surface area contributed by atoms with Crippen LogP contribution in [-0.2, 0) is 19.5 Å². The van der Waals surface area contributed by atoms with Gasteiger partial charge in [-0.3, -0.25) is 0 Å². The van der Waals surface area contributed by atoms with E-state index < -0.39 is 42.8 Å². The molecule has 0 unspecified atom stereocenters. The lowest BCUT2D eigenvalue weighted by atomic mass is 9.90. The van der Waals surface area contributed by atoms with Crippen LogP contribution in [0, 0.1) is 5.92 Å². The minimum atomic E-state index is -3.91. The van der Waals surface area contributed by atoms with Crippen LogP contribution in [0.1, 0.15) is 18.5 Å². The second-order valence-electron chi connectivity index (χ2n) is 7.30. The van der Waals surface area contributed by atoms with Crippen LogP contribution in [-0.4, -0.2) is 54.3 Å². The van der Waals surface area contributed by atoms with E-state index in [1.807, 2.05) is 37.3 Å². The lowest BCUT2D eigenvalue weighted by Gasteiger charge is -2.42. The van der Waals surface area contributed by atoms with E-state index in [9.17, 15) is 8.42 Å². The molecule has 0 spiro atoms. The van der Waals surface area contributed by atoms with Gasteiger partial charge in [-0.05, 0) is 12.5 Å². The highest BCUT2D eigenvalue weighted by molar-refractivity contribution is 7.90. The number of fused-ring (bicyclic) bond motifs is 5. The Morgan fingerprint density at radius 2 is 1.61 bits per heavy atom. The molecule has 0 N–H and O–H groups in total. The first-order chi connectivity index (χ1) is 13.1. The number of benzene rings is 1. The first-order valence-electron chi connectivity index (χ1n) is 8.65. The molecule has 2 bridgehead atoms. The lowest BCUT2D eigenvalue weighted by molar-refractivity contribution is -0.219. The van der Waals surface area contributed by atoms with E-state index in [0.717, 1.165) is 5.56 Å². The monoisotopic (exact) mass is 485 g/mol. The molecule has 1 saturated carbocycles. The van der Waals surface area contributed by atoms with Crippen LogP contribution in [0.4, 0.5) is 0 Å². The van der Waals surface area contributed by atoms with E-state index >= 15 is 0 Å². The van der Waals surface area contributed by atoms with Crippen molar-refractivity contribution in [3.63, 3.8) is 0 Å². The van der Waals surface area contributed by atoms with Gasteiger partial charge in [0.05, 0.1) is 10.1 Å². The Morgan fingerprint density at radius 3 is 2.14 bits per heavy atom. The molecule has 28 heavy (non-hydrogen) atoms. The Hall–Kier alpha value is -0.0500. The van der Waals surface area contributed by atoms with Crippen molar-refractivity contribution in [2.24, 2.45) is 5.92 Å². The van der Waals surface area contributed by atoms with Gasteiger partial charge in [0.1, 0.15) is 10.1 Å². The Bertz CT molecular complexity index is 952. The van der Waals surface area contributed by atoms with Gasteiger partial charge < -0.3 is 9.47 Å². The van der Waals surface area contributed by atoms with E-state index in [4.69, 9.17) is 55.9 Å². The van der Waals surface area contributed by atoms with Crippen molar-refractivity contribution < 1.29 is 17.9 Å². The van der Waals surface area contributed by atoms with Crippen molar-refractivity contribution in [2.45, 2.75) is 33.8 Å². The number of ether oxygens (including phenoxy) is 2. The molecule has 1 saturated heterocycles. The van der Waals surface area contributed by atoms with Crippen LogP contribution < -0.4 is 0 Å². The summed E-state index contributed by atoms with van der Waals surface area (Å²) in [5, 5.41) is -1.12. The Kier molecular flexibility index (Phi) is 4.90. The molecular weight excluding hydrogens is 468 g/mol. The minimum Gasteiger partial charge on any atom is -0.349 e. The predicted molar refractivity (Wildman–Crippen MR) is 110 cm³/mol. The van der Waals surface area contributed by atoms with Gasteiger partial charge in [-0.25, -0.2) is 8.42 Å². The van der Waals surface area contributed by atoms with Gasteiger partial charge in [-0.1, -0.05) is 53.5 Å². The molecule has 1 aromatic rings. The number of alkyl halides is 2. The van der Waals surface area contributed by atoms with Crippen molar-refractivity contribution in [3.8, 4) is 0 Å². The average molecular weight is 487 g/mol. The summed E-state index contributed by atoms with van der Waals surface area (Å²) in [6.45, 7) is 1.95. The maximum atomic E-state index is 13.6. The molecule has 4 rings (SSSR count). The minimum absolute atomic E-state index is 0.0476. The molecule has 1 aliphatic heterocycles. The molecule has 5 nitrogen and oxygen atoms in total. The Balaban J connectivity index is 1.88. The highest BCUT2D eigenvalue weighted by atomic mass is 35.5. The largest absolute Gasteiger partial charge is 0.349 e. The van der Waals surface area contributed by atoms with E-state index in [2.05, 4.69) is 0 Å². The summed E-state index contributed by atoms with van der Waals surface area (Å²) in [5.41, 5.74) is 0.862. The van der Waals surface area contributed by atoms with E-state index in [1.54, 1.807) is 0 Å². The number of sulfonamides is 1. The molecule has 3 aliphatic rings. The van der Waals surface area contributed by atoms with Crippen molar-refractivity contribution in [1.29, 1.82) is 0 Å². The summed E-state index contributed by atoms with van der Waals surface area (Å²) in [6, 6.07) is 8.95. The average Bonchev–Trinajstić information content (AvgIpc) is 3.12. The van der Waals surface area contributed by atoms with Gasteiger partial charge in [0.25, 0.3) is 0 Å². The third-order valence-electron chi connectivity index (χ3n) is 6.37. The summed E-state index contributed by atoms with van der Waals surface area (Å²) in [5.74, 6) is -2.38. The fraction of sp³-hybridized carbons (Fsp3) is 0.556. The maximum absolute atomic E-state index is 13.6. The van der Waals surface area contributed by atoms with Crippen LogP contribution in [0.2, 0.25) is 0 Å². The van der Waals surface area contributed by atoms with Crippen LogP contribution in [0.15, 0.2) is 40.4 Å². The molecule has 2 aliphatic carbocycles. The smallest absolute Gasteiger partial charge is 0.220 e. The summed E-state index contributed by atoms with van der Waals surface area (Å²) >= 11 is 26.9. The molecule has 1 heterocycles. The molecular formula is C18H19Cl4NO4S. The van der Waals surface area contributed by atoms with Crippen molar-refractivity contribution in [1.82, 2.24) is 4.31 Å². The lowest BCUT2D eigenvalue weighted by Crippen LogP contribution is -2.60. The van der Waals surface area contributed by atoms with Gasteiger partial charge >= 0.3 is 0 Å². The van der Waals surface area contributed by atoms with Crippen LogP contribution in [0.3, 0.4) is 0 Å². The topological polar surface area (TPSA) is 55.8 Å². The SMILES string of the molecule is COC1(OC)[C@@]2(Cl)C(Cl)=C(Cl)[C@]1(Cl)[C@@H]1CN([C@H](C)c3ccccc3)S(=O)(=O)[C@@H]12. The van der Waals surface area contributed by atoms with E-state index in [1.165, 1.54) is 18.5 Å². The second kappa shape index (κ2) is 6.47. The number of methoxy groups -OCH3 is 2. The number of nitrogens with zero attached hydrogens (tertiary/aromatic N) is 1. The quantitative estimate of drug-likeness (QED) is 0.476. The van der Waals surface area contributed by atoms with E-state index in [-0.39, 0.29) is 16.6 Å². The molecule has 0 radical (unpaired) electrons. The molecule has 154 valence electrons. The highest BCUT2D eigenvalue weighted by Gasteiger charge is 2.89. The normalized spacial score (nSPS) is 39.4. The van der Waals surface area contributed by atoms with Gasteiger partial charge in [0.15, 0.2) is 4.87 Å². The third kappa shape index (κ3) is 2.09. The maximum Gasteiger partial charge on any atom is 0.220 e. The van der Waals surface area contributed by atoms with Gasteiger partial charge in [0, 0.05) is 32.7 Å². The summed E-state index contributed by atoms with van der Waals surface area (Å²) in [6.07, 6.45) is 0. The second-order valence-corrected chi connectivity index (χ2v) is 11.3. The molecule has 0 amide bonds. The first-order valence-corrected chi connectivity index (χ1v) is 11.7. The summed E-state index contributed by atoms with van der Waals surface area (Å²) < 4.78 is 39.9. The molecule has 1 aromatic carbocycles. The Morgan fingerprint density at radius 1 is 1.07 bits per heavy atom. The fourth-order valence-corrected chi connectivity index (χ4v) is 10.3. The summed E-state index contributed by atoms with van der Waals surface area (Å²) in [7, 11) is -1.19. The summed E-state index contributed by atoms with van der Waals surface area (Å²) in [4.78, 5) is -3.29. The van der Waals surface area contributed by atoms with Crippen LogP contribution in [0.5, 0.6) is 0 Å². The number of hydrogen-bond acceptors (Lipinski definition) is 4. The molecule has 0 aromatic heterocycles. The van der Waals surface area contributed by atoms with E-state index in [0.29, 0.717) is 0 Å². The zero-order chi connectivity index (χ0) is 20.7. The van der Waals surface area contributed by atoms with Gasteiger partial charge in [0.2, 0.25) is 15.8 Å². The van der Waals surface area contributed by atoms with Crippen LogP contribution >= 0.6 is 46.4 Å². The first kappa shape index (κ1) is 21.2. The number of rotatable bonds is 4. The zero-order valence-corrected chi connectivity index (χ0v) is 19.2. The van der Waals surface area contributed by atoms with Gasteiger partial charge in [-0.15, -0.1) is 23.2 Å². The number of halogens is 4. The Labute approximate surface area is 184 Å². The molecule has 2 fully saturated rings. The van der Waals surface area contributed by atoms with Crippen LogP contribution in [0.25, 0.3) is 0 Å². The molecule has 10 heteroatoms. The fourth-order valence-electron chi connectivity index (χ4n) is 5.11. The van der Waals surface area contributed by atoms with Crippen molar-refractivity contribution in [2.75, 3.05) is 20.8 Å². The van der Waals surface area contributed by atoms with Gasteiger partial charge in [-0.2, -0.15) is 4.31 Å². The molecule has 5 atom stereocenters. The van der Waals surface area contributed by atoms with Crippen molar-refractivity contribution in [3.05, 3.63) is 46.0 Å². The highest BCUT2D eigenvalue weighted by Crippen LogP contribution is 2.74. The van der Waals surface area contributed by atoms with Crippen molar-refractivity contribution >= 4 is 56.4 Å². The zero-order valence-electron chi connectivity index (χ0n) is 15.3. The number of hydrogen-bond donors (Lipinski definition) is 0. The third-order valence-corrected chi connectivity index (χ3v) is 11.6. The predicted octanol–water partition coefficient (Wildman–Crippen LogP) is 4.04.